The van der Waals surface area contributed by atoms with E-state index in [-0.39, 0.29) is 0 Å². The van der Waals surface area contributed by atoms with Crippen molar-refractivity contribution in [2.45, 2.75) is 0 Å². The lowest BCUT2D eigenvalue weighted by Crippen LogP contribution is -1.84. The largest absolute Gasteiger partial charge is 0.264 e. The molecule has 0 aliphatic carbocycles. The van der Waals surface area contributed by atoms with Crippen molar-refractivity contribution in [3.8, 4) is 6.07 Å². The Kier molecular flexibility index (Phi) is 2.31. The minimum absolute atomic E-state index is 0.692. The number of nitriles is 1. The molecule has 0 radical (unpaired) electrons. The summed E-state index contributed by atoms with van der Waals surface area (Å²) in [6.07, 6.45) is 3.53. The number of hydrogen-bond donors (Lipinski definition) is 0. The molecule has 3 aromatic rings. The Morgan fingerprint density at radius 1 is 1.06 bits per heavy atom. The van der Waals surface area contributed by atoms with Gasteiger partial charge < -0.3 is 0 Å². The van der Waals surface area contributed by atoms with Crippen LogP contribution in [0.1, 0.15) is 5.56 Å². The first-order valence-electron chi connectivity index (χ1n) is 5.16. The van der Waals surface area contributed by atoms with Crippen LogP contribution in [-0.2, 0) is 0 Å². The fourth-order valence-electron chi connectivity index (χ4n) is 2.06. The van der Waals surface area contributed by atoms with Crippen molar-refractivity contribution >= 4 is 37.5 Å². The SMILES string of the molecule is N#Cc1cc2ccc(Br)cc2c2cnccc12. The van der Waals surface area contributed by atoms with E-state index in [1.165, 1.54) is 0 Å². The second-order valence-corrected chi connectivity index (χ2v) is 4.74. The van der Waals surface area contributed by atoms with Gasteiger partial charge in [-0.15, -0.1) is 0 Å². The van der Waals surface area contributed by atoms with E-state index >= 15 is 0 Å². The van der Waals surface area contributed by atoms with E-state index in [0.29, 0.717) is 5.56 Å². The molecular formula is C14H7BrN2. The Balaban J connectivity index is 2.61. The summed E-state index contributed by atoms with van der Waals surface area (Å²) in [5.41, 5.74) is 0.692. The smallest absolute Gasteiger partial charge is 0.0998 e. The highest BCUT2D eigenvalue weighted by Gasteiger charge is 2.06. The molecular weight excluding hydrogens is 276 g/mol. The Bertz CT molecular complexity index is 772. The van der Waals surface area contributed by atoms with Crippen LogP contribution in [-0.4, -0.2) is 4.98 Å². The first-order chi connectivity index (χ1) is 8.29. The Hall–Kier alpha value is -1.92. The highest BCUT2D eigenvalue weighted by Crippen LogP contribution is 2.29. The number of benzene rings is 2. The number of aromatic nitrogens is 1. The van der Waals surface area contributed by atoms with Crippen molar-refractivity contribution < 1.29 is 0 Å². The molecule has 1 heterocycles. The minimum atomic E-state index is 0.692. The quantitative estimate of drug-likeness (QED) is 0.584. The van der Waals surface area contributed by atoms with Gasteiger partial charge in [0.2, 0.25) is 0 Å². The Morgan fingerprint density at radius 3 is 2.76 bits per heavy atom. The third-order valence-electron chi connectivity index (χ3n) is 2.84. The molecule has 0 saturated carbocycles. The number of rotatable bonds is 0. The molecule has 80 valence electrons. The highest BCUT2D eigenvalue weighted by molar-refractivity contribution is 9.10. The zero-order valence-corrected chi connectivity index (χ0v) is 10.4. The second kappa shape index (κ2) is 3.83. The van der Waals surface area contributed by atoms with Crippen LogP contribution in [0.25, 0.3) is 21.5 Å². The molecule has 0 aliphatic heterocycles. The third kappa shape index (κ3) is 1.58. The van der Waals surface area contributed by atoms with E-state index in [0.717, 1.165) is 26.0 Å². The van der Waals surface area contributed by atoms with Gasteiger partial charge in [0.05, 0.1) is 11.6 Å². The molecule has 3 rings (SSSR count). The minimum Gasteiger partial charge on any atom is -0.264 e. The van der Waals surface area contributed by atoms with Gasteiger partial charge >= 0.3 is 0 Å². The van der Waals surface area contributed by atoms with Crippen LogP contribution in [0.5, 0.6) is 0 Å². The predicted molar refractivity (Wildman–Crippen MR) is 71.7 cm³/mol. The van der Waals surface area contributed by atoms with Crippen LogP contribution < -0.4 is 0 Å². The summed E-state index contributed by atoms with van der Waals surface area (Å²) in [7, 11) is 0. The maximum atomic E-state index is 9.17. The monoisotopic (exact) mass is 282 g/mol. The maximum absolute atomic E-state index is 9.17. The molecule has 3 heteroatoms. The van der Waals surface area contributed by atoms with E-state index in [2.05, 4.69) is 33.0 Å². The van der Waals surface area contributed by atoms with Crippen LogP contribution in [0, 0.1) is 11.3 Å². The van der Waals surface area contributed by atoms with E-state index in [4.69, 9.17) is 0 Å². The van der Waals surface area contributed by atoms with Gasteiger partial charge in [0, 0.05) is 27.6 Å². The van der Waals surface area contributed by atoms with Gasteiger partial charge in [-0.3, -0.25) is 4.98 Å². The zero-order valence-electron chi connectivity index (χ0n) is 8.81. The number of nitrogens with zero attached hydrogens (tertiary/aromatic N) is 2. The Morgan fingerprint density at radius 2 is 1.94 bits per heavy atom. The molecule has 0 bridgehead atoms. The van der Waals surface area contributed by atoms with E-state index in [9.17, 15) is 5.26 Å². The van der Waals surface area contributed by atoms with Crippen LogP contribution in [0.3, 0.4) is 0 Å². The number of halogens is 1. The molecule has 0 N–H and O–H groups in total. The average Bonchev–Trinajstić information content (AvgIpc) is 2.38. The van der Waals surface area contributed by atoms with E-state index in [1.54, 1.807) is 6.20 Å². The van der Waals surface area contributed by atoms with Gasteiger partial charge in [-0.05, 0) is 35.0 Å². The van der Waals surface area contributed by atoms with Crippen LogP contribution in [0.2, 0.25) is 0 Å². The molecule has 17 heavy (non-hydrogen) atoms. The topological polar surface area (TPSA) is 36.7 Å². The summed E-state index contributed by atoms with van der Waals surface area (Å²) in [5.74, 6) is 0. The van der Waals surface area contributed by atoms with Crippen molar-refractivity contribution in [3.63, 3.8) is 0 Å². The Labute approximate surface area is 107 Å². The number of hydrogen-bond acceptors (Lipinski definition) is 2. The van der Waals surface area contributed by atoms with Crippen LogP contribution in [0.15, 0.2) is 47.2 Å². The fraction of sp³-hybridized carbons (Fsp3) is 0. The van der Waals surface area contributed by atoms with Gasteiger partial charge in [-0.25, -0.2) is 0 Å². The zero-order chi connectivity index (χ0) is 11.8. The summed E-state index contributed by atoms with van der Waals surface area (Å²) < 4.78 is 1.03. The van der Waals surface area contributed by atoms with Crippen molar-refractivity contribution in [2.24, 2.45) is 0 Å². The van der Waals surface area contributed by atoms with Gasteiger partial charge in [-0.1, -0.05) is 22.0 Å². The van der Waals surface area contributed by atoms with Crippen LogP contribution in [0.4, 0.5) is 0 Å². The summed E-state index contributed by atoms with van der Waals surface area (Å²) in [4.78, 5) is 4.14. The molecule has 2 nitrogen and oxygen atoms in total. The molecule has 0 fully saturated rings. The summed E-state index contributed by atoms with van der Waals surface area (Å²) in [6, 6.07) is 12.1. The fourth-order valence-corrected chi connectivity index (χ4v) is 2.42. The van der Waals surface area contributed by atoms with Gasteiger partial charge in [0.15, 0.2) is 0 Å². The normalized spacial score (nSPS) is 10.6. The van der Waals surface area contributed by atoms with Crippen LogP contribution >= 0.6 is 15.9 Å². The lowest BCUT2D eigenvalue weighted by Gasteiger charge is -2.05. The lowest BCUT2D eigenvalue weighted by atomic mass is 9.99. The van der Waals surface area contributed by atoms with E-state index in [1.807, 2.05) is 30.5 Å². The van der Waals surface area contributed by atoms with Gasteiger partial charge in [-0.2, -0.15) is 5.26 Å². The second-order valence-electron chi connectivity index (χ2n) is 3.82. The molecule has 0 saturated heterocycles. The molecule has 0 unspecified atom stereocenters. The van der Waals surface area contributed by atoms with Crippen molar-refractivity contribution in [1.82, 2.24) is 4.98 Å². The summed E-state index contributed by atoms with van der Waals surface area (Å²) in [6.45, 7) is 0. The van der Waals surface area contributed by atoms with Crippen molar-refractivity contribution in [3.05, 3.63) is 52.8 Å². The number of pyridine rings is 1. The number of fused-ring (bicyclic) bond motifs is 3. The standard InChI is InChI=1S/C14H7BrN2/c15-11-2-1-9-5-10(7-16)12-3-4-17-8-14(12)13(9)6-11/h1-6,8H. The van der Waals surface area contributed by atoms with Crippen molar-refractivity contribution in [1.29, 1.82) is 5.26 Å². The highest BCUT2D eigenvalue weighted by atomic mass is 79.9. The van der Waals surface area contributed by atoms with Crippen molar-refractivity contribution in [2.75, 3.05) is 0 Å². The first-order valence-corrected chi connectivity index (χ1v) is 5.95. The average molecular weight is 283 g/mol. The first kappa shape index (κ1) is 10.2. The summed E-state index contributed by atoms with van der Waals surface area (Å²) >= 11 is 3.47. The predicted octanol–water partition coefficient (Wildman–Crippen LogP) is 4.02. The lowest BCUT2D eigenvalue weighted by molar-refractivity contribution is 1.37. The summed E-state index contributed by atoms with van der Waals surface area (Å²) in [5, 5.41) is 13.3. The third-order valence-corrected chi connectivity index (χ3v) is 3.33. The molecule has 1 aromatic heterocycles. The molecule has 0 amide bonds. The molecule has 2 aromatic carbocycles. The molecule has 0 aliphatic rings. The molecule has 0 spiro atoms. The van der Waals surface area contributed by atoms with Gasteiger partial charge in [0.1, 0.15) is 0 Å². The maximum Gasteiger partial charge on any atom is 0.0998 e. The van der Waals surface area contributed by atoms with Gasteiger partial charge in [0.25, 0.3) is 0 Å². The van der Waals surface area contributed by atoms with E-state index < -0.39 is 0 Å². The molecule has 0 atom stereocenters.